The van der Waals surface area contributed by atoms with Crippen LogP contribution < -0.4 is 10.0 Å². The van der Waals surface area contributed by atoms with Crippen molar-refractivity contribution in [3.05, 3.63) is 74.2 Å². The molecule has 0 spiro atoms. The zero-order chi connectivity index (χ0) is 19.6. The maximum atomic E-state index is 13.4. The summed E-state index contributed by atoms with van der Waals surface area (Å²) in [6, 6.07) is 11.8. The van der Waals surface area contributed by atoms with E-state index in [0.717, 1.165) is 11.3 Å². The molecule has 27 heavy (non-hydrogen) atoms. The summed E-state index contributed by atoms with van der Waals surface area (Å²) >= 11 is 7.47. The Morgan fingerprint density at radius 2 is 1.70 bits per heavy atom. The van der Waals surface area contributed by atoms with E-state index in [2.05, 4.69) is 41.9 Å². The Kier molecular flexibility index (Phi) is 5.99. The predicted octanol–water partition coefficient (Wildman–Crippen LogP) is 5.47. The average molecular weight is 534 g/mol. The topological polar surface area (TPSA) is 75.3 Å². The van der Waals surface area contributed by atoms with E-state index in [0.29, 0.717) is 14.6 Å². The Morgan fingerprint density at radius 3 is 2.33 bits per heavy atom. The van der Waals surface area contributed by atoms with Crippen molar-refractivity contribution >= 4 is 70.5 Å². The average Bonchev–Trinajstić information content (AvgIpc) is 3.13. The van der Waals surface area contributed by atoms with Crippen molar-refractivity contribution in [1.82, 2.24) is 0 Å². The van der Waals surface area contributed by atoms with Gasteiger partial charge in [-0.1, -0.05) is 18.2 Å². The minimum Gasteiger partial charge on any atom is -0.320 e. The molecule has 0 unspecified atom stereocenters. The van der Waals surface area contributed by atoms with Gasteiger partial charge in [0.2, 0.25) is 0 Å². The highest BCUT2D eigenvalue weighted by Crippen LogP contribution is 2.33. The zero-order valence-electron chi connectivity index (χ0n) is 13.4. The molecule has 0 saturated heterocycles. The smallest absolute Gasteiger partial charge is 0.271 e. The lowest BCUT2D eigenvalue weighted by Gasteiger charge is -2.14. The van der Waals surface area contributed by atoms with Gasteiger partial charge in [0, 0.05) is 8.95 Å². The molecule has 0 radical (unpaired) electrons. The first-order valence-electron chi connectivity index (χ1n) is 7.39. The molecule has 1 amide bonds. The number of para-hydroxylation sites is 1. The summed E-state index contributed by atoms with van der Waals surface area (Å²) in [5.41, 5.74) is 0.593. The number of hydrogen-bond donors (Lipinski definition) is 2. The van der Waals surface area contributed by atoms with Crippen LogP contribution in [0.3, 0.4) is 0 Å². The van der Waals surface area contributed by atoms with Gasteiger partial charge in [-0.2, -0.15) is 0 Å². The van der Waals surface area contributed by atoms with Gasteiger partial charge in [-0.25, -0.2) is 12.8 Å². The number of halogens is 3. The first-order chi connectivity index (χ1) is 12.8. The number of sulfonamides is 1. The van der Waals surface area contributed by atoms with E-state index in [4.69, 9.17) is 0 Å². The number of hydrogen-bond acceptors (Lipinski definition) is 4. The first kappa shape index (κ1) is 20.0. The number of amides is 1. The fourth-order valence-corrected chi connectivity index (χ4v) is 5.63. The van der Waals surface area contributed by atoms with E-state index < -0.39 is 21.7 Å². The number of benzene rings is 2. The minimum absolute atomic E-state index is 0.126. The third-order valence-electron chi connectivity index (χ3n) is 3.42. The minimum atomic E-state index is -3.80. The van der Waals surface area contributed by atoms with Crippen LogP contribution in [0.1, 0.15) is 10.4 Å². The summed E-state index contributed by atoms with van der Waals surface area (Å²) < 4.78 is 41.6. The van der Waals surface area contributed by atoms with Crippen LogP contribution in [0.4, 0.5) is 15.8 Å². The molecule has 5 nitrogen and oxygen atoms in total. The van der Waals surface area contributed by atoms with Crippen molar-refractivity contribution < 1.29 is 17.6 Å². The molecule has 0 atom stereocenters. The van der Waals surface area contributed by atoms with E-state index in [1.54, 1.807) is 23.6 Å². The summed E-state index contributed by atoms with van der Waals surface area (Å²) in [4.78, 5) is 12.7. The van der Waals surface area contributed by atoms with Crippen LogP contribution in [0.2, 0.25) is 0 Å². The maximum Gasteiger partial charge on any atom is 0.271 e. The molecule has 140 valence electrons. The van der Waals surface area contributed by atoms with Crippen molar-refractivity contribution in [3.8, 4) is 0 Å². The first-order valence-corrected chi connectivity index (χ1v) is 11.3. The monoisotopic (exact) mass is 532 g/mol. The molecule has 3 aromatic rings. The van der Waals surface area contributed by atoms with Gasteiger partial charge >= 0.3 is 0 Å². The lowest BCUT2D eigenvalue weighted by atomic mass is 10.1. The number of nitrogens with one attached hydrogen (secondary N) is 2. The highest BCUT2D eigenvalue weighted by molar-refractivity contribution is 9.11. The second kappa shape index (κ2) is 8.09. The molecule has 0 saturated carbocycles. The Bertz CT molecular complexity index is 1080. The van der Waals surface area contributed by atoms with E-state index >= 15 is 0 Å². The molecule has 3 rings (SSSR count). The van der Waals surface area contributed by atoms with Crippen molar-refractivity contribution in [2.45, 2.75) is 4.21 Å². The van der Waals surface area contributed by atoms with Crippen LogP contribution in [0, 0.1) is 5.82 Å². The molecule has 1 heterocycles. The summed E-state index contributed by atoms with van der Waals surface area (Å²) in [7, 11) is -3.80. The Morgan fingerprint density at radius 1 is 1.04 bits per heavy atom. The number of rotatable bonds is 5. The highest BCUT2D eigenvalue weighted by atomic mass is 79.9. The number of carbonyl (C=O) groups excluding carboxylic acids is 1. The van der Waals surface area contributed by atoms with Gasteiger partial charge < -0.3 is 5.32 Å². The second-order valence-electron chi connectivity index (χ2n) is 5.28. The lowest BCUT2D eigenvalue weighted by Crippen LogP contribution is -2.18. The van der Waals surface area contributed by atoms with Crippen LogP contribution >= 0.6 is 43.2 Å². The van der Waals surface area contributed by atoms with Crippen LogP contribution in [0.25, 0.3) is 0 Å². The third-order valence-corrected chi connectivity index (χ3v) is 7.44. The number of anilines is 2. The fourth-order valence-electron chi connectivity index (χ4n) is 2.22. The third kappa shape index (κ3) is 4.57. The molecule has 0 fully saturated rings. The van der Waals surface area contributed by atoms with Crippen molar-refractivity contribution in [1.29, 1.82) is 0 Å². The molecule has 0 bridgehead atoms. The largest absolute Gasteiger partial charge is 0.320 e. The molecule has 0 aliphatic rings. The van der Waals surface area contributed by atoms with E-state index in [-0.39, 0.29) is 15.5 Å². The number of thiophene rings is 1. The number of carbonyl (C=O) groups is 1. The molecule has 0 aliphatic carbocycles. The summed E-state index contributed by atoms with van der Waals surface area (Å²) in [6.07, 6.45) is 0. The van der Waals surface area contributed by atoms with Gasteiger partial charge in [0.05, 0.1) is 16.9 Å². The molecular weight excluding hydrogens is 523 g/mol. The fraction of sp³-hybridized carbons (Fsp3) is 0. The van der Waals surface area contributed by atoms with Crippen LogP contribution in [0.5, 0.6) is 0 Å². The van der Waals surface area contributed by atoms with Crippen molar-refractivity contribution in [2.24, 2.45) is 0 Å². The molecule has 2 aromatic carbocycles. The lowest BCUT2D eigenvalue weighted by molar-refractivity contribution is 0.102. The van der Waals surface area contributed by atoms with Gasteiger partial charge in [0.15, 0.2) is 0 Å². The van der Waals surface area contributed by atoms with Crippen molar-refractivity contribution in [2.75, 3.05) is 10.0 Å². The van der Waals surface area contributed by atoms with Gasteiger partial charge in [0.25, 0.3) is 15.9 Å². The standard InChI is InChI=1S/C17H11Br2FN2O3S2/c18-12-8-10(20)9-13(19)16(12)21-17(23)11-4-1-2-5-14(11)22-27(24,25)15-6-3-7-26-15/h1-9,22H,(H,21,23). The van der Waals surface area contributed by atoms with E-state index in [9.17, 15) is 17.6 Å². The SMILES string of the molecule is O=C(Nc1c(Br)cc(F)cc1Br)c1ccccc1NS(=O)(=O)c1cccs1. The summed E-state index contributed by atoms with van der Waals surface area (Å²) in [6.45, 7) is 0. The van der Waals surface area contributed by atoms with Gasteiger partial charge in [0.1, 0.15) is 10.0 Å². The molecule has 1 aromatic heterocycles. The predicted molar refractivity (Wildman–Crippen MR) is 111 cm³/mol. The van der Waals surface area contributed by atoms with Crippen LogP contribution in [-0.2, 0) is 10.0 Å². The Balaban J connectivity index is 1.91. The van der Waals surface area contributed by atoms with Gasteiger partial charge in [-0.05, 0) is 67.6 Å². The molecular formula is C17H11Br2FN2O3S2. The second-order valence-corrected chi connectivity index (χ2v) is 9.85. The highest BCUT2D eigenvalue weighted by Gasteiger charge is 2.20. The van der Waals surface area contributed by atoms with Gasteiger partial charge in [-0.15, -0.1) is 11.3 Å². The molecule has 10 heteroatoms. The van der Waals surface area contributed by atoms with Crippen LogP contribution in [-0.4, -0.2) is 14.3 Å². The quantitative estimate of drug-likeness (QED) is 0.457. The zero-order valence-corrected chi connectivity index (χ0v) is 18.2. The Hall–Kier alpha value is -1.75. The molecule has 0 aliphatic heterocycles. The maximum absolute atomic E-state index is 13.4. The normalized spacial score (nSPS) is 11.2. The van der Waals surface area contributed by atoms with Crippen molar-refractivity contribution in [3.63, 3.8) is 0 Å². The van der Waals surface area contributed by atoms with E-state index in [1.165, 1.54) is 30.3 Å². The Labute approximate surface area is 175 Å². The summed E-state index contributed by atoms with van der Waals surface area (Å²) in [5.74, 6) is -1.02. The van der Waals surface area contributed by atoms with E-state index in [1.807, 2.05) is 0 Å². The van der Waals surface area contributed by atoms with Crippen LogP contribution in [0.15, 0.2) is 67.1 Å². The summed E-state index contributed by atoms with van der Waals surface area (Å²) in [5, 5.41) is 4.30. The molecule has 2 N–H and O–H groups in total. The van der Waals surface area contributed by atoms with Gasteiger partial charge in [-0.3, -0.25) is 9.52 Å².